The molecule has 0 amide bonds. The molecule has 3 nitrogen and oxygen atoms in total. The van der Waals surface area contributed by atoms with Gasteiger partial charge in [-0.05, 0) is 6.07 Å². The third kappa shape index (κ3) is 3.29. The van der Waals surface area contributed by atoms with Gasteiger partial charge in [0.15, 0.2) is 11.5 Å². The molecule has 0 bridgehead atoms. The van der Waals surface area contributed by atoms with Gasteiger partial charge in [0.25, 0.3) is 0 Å². The maximum absolute atomic E-state index is 6.01. The lowest BCUT2D eigenvalue weighted by Gasteiger charge is -2.15. The van der Waals surface area contributed by atoms with Crippen molar-refractivity contribution in [1.29, 1.82) is 0 Å². The molecule has 4 heteroatoms. The SMILES string of the molecule is COc1cc(Cl)cc(CNC(C)C)c1OC. The number of rotatable bonds is 5. The van der Waals surface area contributed by atoms with E-state index in [0.29, 0.717) is 23.4 Å². The van der Waals surface area contributed by atoms with E-state index in [1.54, 1.807) is 20.3 Å². The molecule has 0 unspecified atom stereocenters. The van der Waals surface area contributed by atoms with E-state index >= 15 is 0 Å². The summed E-state index contributed by atoms with van der Waals surface area (Å²) in [5, 5.41) is 3.97. The van der Waals surface area contributed by atoms with Gasteiger partial charge in [0.1, 0.15) is 0 Å². The van der Waals surface area contributed by atoms with E-state index in [-0.39, 0.29) is 0 Å². The maximum Gasteiger partial charge on any atom is 0.165 e. The zero-order valence-corrected chi connectivity index (χ0v) is 10.9. The molecule has 0 atom stereocenters. The third-order valence-corrected chi connectivity index (χ3v) is 2.44. The van der Waals surface area contributed by atoms with Crippen LogP contribution in [0.5, 0.6) is 11.5 Å². The smallest absolute Gasteiger partial charge is 0.165 e. The largest absolute Gasteiger partial charge is 0.493 e. The van der Waals surface area contributed by atoms with Crippen molar-refractivity contribution in [2.24, 2.45) is 0 Å². The van der Waals surface area contributed by atoms with Gasteiger partial charge >= 0.3 is 0 Å². The van der Waals surface area contributed by atoms with E-state index in [9.17, 15) is 0 Å². The van der Waals surface area contributed by atoms with Crippen molar-refractivity contribution in [3.63, 3.8) is 0 Å². The maximum atomic E-state index is 6.01. The fourth-order valence-corrected chi connectivity index (χ4v) is 1.68. The van der Waals surface area contributed by atoms with Crippen LogP contribution in [-0.4, -0.2) is 20.3 Å². The molecule has 1 rings (SSSR count). The number of hydrogen-bond donors (Lipinski definition) is 1. The number of halogens is 1. The Hall–Kier alpha value is -0.930. The van der Waals surface area contributed by atoms with Crippen LogP contribution in [0.3, 0.4) is 0 Å². The summed E-state index contributed by atoms with van der Waals surface area (Å²) in [6, 6.07) is 4.05. The summed E-state index contributed by atoms with van der Waals surface area (Å²) >= 11 is 6.01. The Morgan fingerprint density at radius 2 is 1.94 bits per heavy atom. The monoisotopic (exact) mass is 243 g/mol. The van der Waals surface area contributed by atoms with E-state index in [1.165, 1.54) is 0 Å². The molecular formula is C12H18ClNO2. The van der Waals surface area contributed by atoms with Crippen LogP contribution in [0.2, 0.25) is 5.02 Å². The van der Waals surface area contributed by atoms with Crippen molar-refractivity contribution in [3.8, 4) is 11.5 Å². The second-order valence-corrected chi connectivity index (χ2v) is 4.27. The molecule has 0 saturated carbocycles. The molecule has 1 aromatic carbocycles. The van der Waals surface area contributed by atoms with Gasteiger partial charge in [0.2, 0.25) is 0 Å². The van der Waals surface area contributed by atoms with E-state index in [2.05, 4.69) is 19.2 Å². The Balaban J connectivity index is 3.00. The summed E-state index contributed by atoms with van der Waals surface area (Å²) in [4.78, 5) is 0. The highest BCUT2D eigenvalue weighted by Gasteiger charge is 2.11. The van der Waals surface area contributed by atoms with Crippen LogP contribution >= 0.6 is 11.6 Å². The molecule has 1 N–H and O–H groups in total. The average molecular weight is 244 g/mol. The van der Waals surface area contributed by atoms with Gasteiger partial charge in [-0.2, -0.15) is 0 Å². The average Bonchev–Trinajstić information content (AvgIpc) is 2.25. The quantitative estimate of drug-likeness (QED) is 0.863. The minimum absolute atomic E-state index is 0.412. The predicted octanol–water partition coefficient (Wildman–Crippen LogP) is 2.86. The Labute approximate surface area is 102 Å². The van der Waals surface area contributed by atoms with Crippen molar-refractivity contribution in [2.75, 3.05) is 14.2 Å². The fourth-order valence-electron chi connectivity index (χ4n) is 1.45. The fraction of sp³-hybridized carbons (Fsp3) is 0.500. The first-order chi connectivity index (χ1) is 7.58. The van der Waals surface area contributed by atoms with E-state index < -0.39 is 0 Å². The summed E-state index contributed by atoms with van der Waals surface area (Å²) in [5.41, 5.74) is 1.00. The standard InChI is InChI=1S/C12H18ClNO2/c1-8(2)14-7-9-5-10(13)6-11(15-3)12(9)16-4/h5-6,8,14H,7H2,1-4H3. The van der Waals surface area contributed by atoms with E-state index in [0.717, 1.165) is 11.3 Å². The molecule has 0 heterocycles. The highest BCUT2D eigenvalue weighted by molar-refractivity contribution is 6.30. The Kier molecular flexibility index (Phi) is 4.90. The third-order valence-electron chi connectivity index (χ3n) is 2.22. The molecule has 0 aromatic heterocycles. The van der Waals surface area contributed by atoms with Crippen molar-refractivity contribution < 1.29 is 9.47 Å². The molecule has 0 aliphatic heterocycles. The summed E-state index contributed by atoms with van der Waals surface area (Å²) in [6.45, 7) is 4.89. The van der Waals surface area contributed by atoms with Gasteiger partial charge in [-0.25, -0.2) is 0 Å². The highest BCUT2D eigenvalue weighted by atomic mass is 35.5. The Morgan fingerprint density at radius 3 is 2.44 bits per heavy atom. The number of hydrogen-bond acceptors (Lipinski definition) is 3. The van der Waals surface area contributed by atoms with Crippen LogP contribution in [0, 0.1) is 0 Å². The molecular weight excluding hydrogens is 226 g/mol. The van der Waals surface area contributed by atoms with Crippen LogP contribution in [0.25, 0.3) is 0 Å². The first-order valence-electron chi connectivity index (χ1n) is 5.22. The van der Waals surface area contributed by atoms with Crippen molar-refractivity contribution >= 4 is 11.6 Å². The van der Waals surface area contributed by atoms with E-state index in [1.807, 2.05) is 6.07 Å². The van der Waals surface area contributed by atoms with Crippen LogP contribution < -0.4 is 14.8 Å². The molecule has 16 heavy (non-hydrogen) atoms. The van der Waals surface area contributed by atoms with Crippen LogP contribution in [0.1, 0.15) is 19.4 Å². The lowest BCUT2D eigenvalue weighted by Crippen LogP contribution is -2.22. The van der Waals surface area contributed by atoms with Gasteiger partial charge < -0.3 is 14.8 Å². The number of methoxy groups -OCH3 is 2. The first kappa shape index (κ1) is 13.1. The normalized spacial score (nSPS) is 10.6. The Morgan fingerprint density at radius 1 is 1.25 bits per heavy atom. The van der Waals surface area contributed by atoms with Crippen LogP contribution in [-0.2, 0) is 6.54 Å². The van der Waals surface area contributed by atoms with Gasteiger partial charge in [0.05, 0.1) is 14.2 Å². The topological polar surface area (TPSA) is 30.5 Å². The number of ether oxygens (including phenoxy) is 2. The lowest BCUT2D eigenvalue weighted by molar-refractivity contribution is 0.350. The molecule has 0 radical (unpaired) electrons. The van der Waals surface area contributed by atoms with Crippen molar-refractivity contribution in [3.05, 3.63) is 22.7 Å². The first-order valence-corrected chi connectivity index (χ1v) is 5.60. The highest BCUT2D eigenvalue weighted by Crippen LogP contribution is 2.34. The van der Waals surface area contributed by atoms with Gasteiger partial charge in [-0.1, -0.05) is 25.4 Å². The zero-order chi connectivity index (χ0) is 12.1. The molecule has 0 fully saturated rings. The van der Waals surface area contributed by atoms with Crippen molar-refractivity contribution in [2.45, 2.75) is 26.4 Å². The van der Waals surface area contributed by atoms with Gasteiger partial charge in [-0.15, -0.1) is 0 Å². The second kappa shape index (κ2) is 5.97. The van der Waals surface area contributed by atoms with E-state index in [4.69, 9.17) is 21.1 Å². The van der Waals surface area contributed by atoms with Crippen LogP contribution in [0.4, 0.5) is 0 Å². The van der Waals surface area contributed by atoms with Crippen molar-refractivity contribution in [1.82, 2.24) is 5.32 Å². The predicted molar refractivity (Wildman–Crippen MR) is 66.5 cm³/mol. The molecule has 0 aliphatic rings. The molecule has 0 spiro atoms. The second-order valence-electron chi connectivity index (χ2n) is 3.84. The summed E-state index contributed by atoms with van der Waals surface area (Å²) < 4.78 is 10.6. The number of nitrogens with one attached hydrogen (secondary N) is 1. The summed E-state index contributed by atoms with van der Waals surface area (Å²) in [6.07, 6.45) is 0. The molecule has 90 valence electrons. The Bertz CT molecular complexity index is 353. The zero-order valence-electron chi connectivity index (χ0n) is 10.1. The minimum Gasteiger partial charge on any atom is -0.493 e. The molecule has 0 saturated heterocycles. The van der Waals surface area contributed by atoms with Gasteiger partial charge in [0, 0.05) is 29.2 Å². The molecule has 0 aliphatic carbocycles. The lowest BCUT2D eigenvalue weighted by atomic mass is 10.1. The van der Waals surface area contributed by atoms with Gasteiger partial charge in [-0.3, -0.25) is 0 Å². The molecule has 1 aromatic rings. The summed E-state index contributed by atoms with van der Waals surface area (Å²) in [7, 11) is 3.23. The minimum atomic E-state index is 0.412. The number of benzene rings is 1. The van der Waals surface area contributed by atoms with Crippen LogP contribution in [0.15, 0.2) is 12.1 Å². The summed E-state index contributed by atoms with van der Waals surface area (Å²) in [5.74, 6) is 1.40.